The lowest BCUT2D eigenvalue weighted by Crippen LogP contribution is -3.14. The number of thiazole rings is 1. The lowest BCUT2D eigenvalue weighted by atomic mass is 10.3. The summed E-state index contributed by atoms with van der Waals surface area (Å²) in [4.78, 5) is 19.3. The van der Waals surface area contributed by atoms with Gasteiger partial charge >= 0.3 is 5.97 Å². The van der Waals surface area contributed by atoms with Crippen LogP contribution in [0.1, 0.15) is 19.0 Å². The summed E-state index contributed by atoms with van der Waals surface area (Å²) in [5.41, 5.74) is 1.82. The summed E-state index contributed by atoms with van der Waals surface area (Å²) in [6, 6.07) is 7.67. The van der Waals surface area contributed by atoms with Crippen molar-refractivity contribution in [2.45, 2.75) is 26.3 Å². The average Bonchev–Trinajstić information content (AvgIpc) is 3.10. The number of hydrogen-bond acceptors (Lipinski definition) is 6. The minimum Gasteiger partial charge on any atom is -0.497 e. The van der Waals surface area contributed by atoms with Gasteiger partial charge in [-0.1, -0.05) is 0 Å². The molecule has 158 valence electrons. The van der Waals surface area contributed by atoms with Crippen molar-refractivity contribution in [1.29, 1.82) is 0 Å². The highest BCUT2D eigenvalue weighted by Crippen LogP contribution is 2.17. The van der Waals surface area contributed by atoms with Crippen LogP contribution in [0, 0.1) is 0 Å². The molecular formula is C21H30N3O4S+. The van der Waals surface area contributed by atoms with Gasteiger partial charge in [0, 0.05) is 24.0 Å². The fraction of sp³-hybridized carbons (Fsp3) is 0.524. The normalized spacial score (nSPS) is 15.4. The van der Waals surface area contributed by atoms with Gasteiger partial charge in [0.05, 0.1) is 45.6 Å². The second-order valence-corrected chi connectivity index (χ2v) is 7.76. The number of hydrogen-bond donors (Lipinski definition) is 1. The number of morpholine rings is 1. The van der Waals surface area contributed by atoms with Gasteiger partial charge in [-0.15, -0.1) is 11.3 Å². The number of methoxy groups -OCH3 is 1. The number of benzene rings is 1. The summed E-state index contributed by atoms with van der Waals surface area (Å²) in [5.74, 6) is 0.605. The molecule has 0 bridgehead atoms. The molecule has 0 atom stereocenters. The van der Waals surface area contributed by atoms with E-state index in [4.69, 9.17) is 19.2 Å². The SMILES string of the molecule is CCOC(=O)Cc1csc(=Nc2ccc(OC)cc2)n1CCC[NH+]1CCOCC1. The molecular weight excluding hydrogens is 390 g/mol. The van der Waals surface area contributed by atoms with Gasteiger partial charge in [-0.3, -0.25) is 4.79 Å². The predicted molar refractivity (Wildman–Crippen MR) is 112 cm³/mol. The van der Waals surface area contributed by atoms with E-state index in [1.165, 1.54) is 0 Å². The molecule has 0 saturated carbocycles. The summed E-state index contributed by atoms with van der Waals surface area (Å²) in [5, 5.41) is 2.01. The van der Waals surface area contributed by atoms with Crippen LogP contribution < -0.4 is 14.4 Å². The van der Waals surface area contributed by atoms with Crippen LogP contribution in [-0.4, -0.2) is 57.1 Å². The van der Waals surface area contributed by atoms with Gasteiger partial charge in [0.2, 0.25) is 0 Å². The van der Waals surface area contributed by atoms with Crippen LogP contribution in [0.25, 0.3) is 0 Å². The van der Waals surface area contributed by atoms with Crippen molar-refractivity contribution < 1.29 is 23.9 Å². The van der Waals surface area contributed by atoms with Crippen LogP contribution in [0.4, 0.5) is 5.69 Å². The van der Waals surface area contributed by atoms with Gasteiger partial charge < -0.3 is 23.7 Å². The van der Waals surface area contributed by atoms with Crippen molar-refractivity contribution in [1.82, 2.24) is 4.57 Å². The van der Waals surface area contributed by atoms with E-state index in [1.807, 2.05) is 36.6 Å². The first-order valence-corrected chi connectivity index (χ1v) is 11.0. The summed E-state index contributed by atoms with van der Waals surface area (Å²) >= 11 is 1.56. The van der Waals surface area contributed by atoms with Gasteiger partial charge in [0.1, 0.15) is 18.8 Å². The smallest absolute Gasteiger partial charge is 0.311 e. The Labute approximate surface area is 175 Å². The number of quaternary nitrogens is 1. The molecule has 1 aliphatic rings. The van der Waals surface area contributed by atoms with E-state index in [-0.39, 0.29) is 12.4 Å². The number of esters is 1. The average molecular weight is 421 g/mol. The second kappa shape index (κ2) is 11.1. The Morgan fingerprint density at radius 1 is 1.28 bits per heavy atom. The number of rotatable bonds is 9. The number of nitrogens with zero attached hydrogens (tertiary/aromatic N) is 2. The van der Waals surface area contributed by atoms with Gasteiger partial charge in [0.25, 0.3) is 0 Å². The van der Waals surface area contributed by atoms with Crippen LogP contribution in [0.2, 0.25) is 0 Å². The molecule has 1 saturated heterocycles. The molecule has 1 aromatic heterocycles. The lowest BCUT2D eigenvalue weighted by molar-refractivity contribution is -0.908. The maximum atomic E-state index is 12.0. The Kier molecular flexibility index (Phi) is 8.27. The number of nitrogens with one attached hydrogen (secondary N) is 1. The third-order valence-corrected chi connectivity index (χ3v) is 5.83. The summed E-state index contributed by atoms with van der Waals surface area (Å²) in [6.45, 7) is 7.95. The van der Waals surface area contributed by atoms with Gasteiger partial charge in [-0.2, -0.15) is 0 Å². The van der Waals surface area contributed by atoms with Crippen LogP contribution in [-0.2, 0) is 27.2 Å². The zero-order valence-electron chi connectivity index (χ0n) is 17.2. The van der Waals surface area contributed by atoms with Crippen molar-refractivity contribution in [3.8, 4) is 5.75 Å². The first-order valence-electron chi connectivity index (χ1n) is 10.1. The number of ether oxygens (including phenoxy) is 3. The van der Waals surface area contributed by atoms with E-state index in [1.54, 1.807) is 23.3 Å². The molecule has 0 radical (unpaired) electrons. The summed E-state index contributed by atoms with van der Waals surface area (Å²) < 4.78 is 18.0. The quantitative estimate of drug-likeness (QED) is 0.619. The number of carbonyl (C=O) groups is 1. The third-order valence-electron chi connectivity index (χ3n) is 4.92. The first kappa shape index (κ1) is 21.5. The Hall–Kier alpha value is -2.16. The molecule has 0 spiro atoms. The monoisotopic (exact) mass is 420 g/mol. The zero-order chi connectivity index (χ0) is 20.5. The molecule has 8 heteroatoms. The Morgan fingerprint density at radius 2 is 2.03 bits per heavy atom. The van der Waals surface area contributed by atoms with Gasteiger partial charge in [-0.05, 0) is 31.2 Å². The highest BCUT2D eigenvalue weighted by atomic mass is 32.1. The maximum absolute atomic E-state index is 12.0. The van der Waals surface area contributed by atoms with Crippen molar-refractivity contribution in [2.24, 2.45) is 4.99 Å². The van der Waals surface area contributed by atoms with E-state index in [9.17, 15) is 4.79 Å². The van der Waals surface area contributed by atoms with Gasteiger partial charge in [0.15, 0.2) is 4.80 Å². The van der Waals surface area contributed by atoms with Crippen LogP contribution in [0.15, 0.2) is 34.6 Å². The second-order valence-electron chi connectivity index (χ2n) is 6.92. The minimum absolute atomic E-state index is 0.200. The van der Waals surface area contributed by atoms with E-state index in [0.29, 0.717) is 6.61 Å². The van der Waals surface area contributed by atoms with E-state index in [2.05, 4.69) is 4.57 Å². The summed E-state index contributed by atoms with van der Waals surface area (Å²) in [6.07, 6.45) is 1.30. The number of carbonyl (C=O) groups excluding carboxylic acids is 1. The van der Waals surface area contributed by atoms with Crippen molar-refractivity contribution in [3.63, 3.8) is 0 Å². The standard InChI is InChI=1S/C21H29N3O4S/c1-3-28-20(25)15-18-16-29-21(22-17-5-7-19(26-2)8-6-17)24(18)10-4-9-23-11-13-27-14-12-23/h5-8,16H,3-4,9-15H2,1-2H3/p+1. The molecule has 0 aliphatic carbocycles. The Bertz CT molecular complexity index is 838. The van der Waals surface area contributed by atoms with E-state index >= 15 is 0 Å². The molecule has 2 heterocycles. The third kappa shape index (κ3) is 6.42. The predicted octanol–water partition coefficient (Wildman–Crippen LogP) is 1.20. The maximum Gasteiger partial charge on any atom is 0.311 e. The first-order chi connectivity index (χ1) is 14.2. The molecule has 29 heavy (non-hydrogen) atoms. The fourth-order valence-electron chi connectivity index (χ4n) is 3.36. The molecule has 2 aromatic rings. The molecule has 1 aromatic carbocycles. The van der Waals surface area contributed by atoms with Crippen molar-refractivity contribution in [3.05, 3.63) is 40.1 Å². The Morgan fingerprint density at radius 3 is 2.72 bits per heavy atom. The minimum atomic E-state index is -0.200. The highest BCUT2D eigenvalue weighted by Gasteiger charge is 2.15. The van der Waals surface area contributed by atoms with Crippen LogP contribution >= 0.6 is 11.3 Å². The largest absolute Gasteiger partial charge is 0.497 e. The number of aromatic nitrogens is 1. The summed E-state index contributed by atoms with van der Waals surface area (Å²) in [7, 11) is 1.65. The molecule has 1 aliphatic heterocycles. The fourth-order valence-corrected chi connectivity index (χ4v) is 4.30. The Balaban J connectivity index is 1.77. The van der Waals surface area contributed by atoms with Crippen LogP contribution in [0.5, 0.6) is 5.75 Å². The van der Waals surface area contributed by atoms with Crippen molar-refractivity contribution >= 4 is 23.0 Å². The van der Waals surface area contributed by atoms with Crippen LogP contribution in [0.3, 0.4) is 0 Å². The molecule has 1 N–H and O–H groups in total. The topological polar surface area (TPSA) is 66.5 Å². The lowest BCUT2D eigenvalue weighted by Gasteiger charge is -2.23. The zero-order valence-corrected chi connectivity index (χ0v) is 18.0. The van der Waals surface area contributed by atoms with Crippen molar-refractivity contribution in [2.75, 3.05) is 46.6 Å². The van der Waals surface area contributed by atoms with E-state index in [0.717, 1.165) is 67.7 Å². The molecule has 0 unspecified atom stereocenters. The van der Waals surface area contributed by atoms with Gasteiger partial charge in [-0.25, -0.2) is 4.99 Å². The van der Waals surface area contributed by atoms with E-state index < -0.39 is 0 Å². The molecule has 3 rings (SSSR count). The highest BCUT2D eigenvalue weighted by molar-refractivity contribution is 7.07. The molecule has 7 nitrogen and oxygen atoms in total. The molecule has 1 fully saturated rings. The molecule has 0 amide bonds.